The summed E-state index contributed by atoms with van der Waals surface area (Å²) in [5, 5.41) is 15.1. The molecule has 3 heterocycles. The van der Waals surface area contributed by atoms with Gasteiger partial charge in [-0.25, -0.2) is 9.59 Å². The summed E-state index contributed by atoms with van der Waals surface area (Å²) >= 11 is 0. The number of benzene rings is 1. The Morgan fingerprint density at radius 3 is 2.67 bits per heavy atom. The highest BCUT2D eigenvalue weighted by molar-refractivity contribution is 5.88. The molecule has 3 aromatic rings. The van der Waals surface area contributed by atoms with Crippen LogP contribution >= 0.6 is 0 Å². The molecular formula is C26H30N4O9. The third-order valence-electron chi connectivity index (χ3n) is 6.40. The summed E-state index contributed by atoms with van der Waals surface area (Å²) in [7, 11) is 1.44. The molecular weight excluding hydrogens is 512 g/mol. The number of aryl methyl sites for hydroxylation is 2. The van der Waals surface area contributed by atoms with E-state index in [1.54, 1.807) is 52.0 Å². The smallest absolute Gasteiger partial charge is 0.355 e. The van der Waals surface area contributed by atoms with Gasteiger partial charge in [0.25, 0.3) is 0 Å². The number of nitrogens with one attached hydrogen (secondary N) is 1. The van der Waals surface area contributed by atoms with Crippen LogP contribution in [-0.2, 0) is 14.2 Å². The Balaban J connectivity index is 1.62. The molecule has 1 aliphatic rings. The molecule has 4 atom stereocenters. The van der Waals surface area contributed by atoms with Gasteiger partial charge in [0.05, 0.1) is 30.2 Å². The summed E-state index contributed by atoms with van der Waals surface area (Å²) in [6, 6.07) is 7.77. The second-order valence-electron chi connectivity index (χ2n) is 9.58. The van der Waals surface area contributed by atoms with E-state index in [0.717, 1.165) is 5.69 Å². The Labute approximate surface area is 223 Å². The maximum atomic E-state index is 12.8. The van der Waals surface area contributed by atoms with Crippen molar-refractivity contribution in [1.82, 2.24) is 4.98 Å². The highest BCUT2D eigenvalue weighted by Crippen LogP contribution is 2.37. The molecule has 0 unspecified atom stereocenters. The number of hydrogen-bond donors (Lipinski definition) is 2. The zero-order valence-electron chi connectivity index (χ0n) is 22.2. The number of rotatable bonds is 9. The first kappa shape index (κ1) is 28.0. The van der Waals surface area contributed by atoms with E-state index < -0.39 is 41.8 Å². The van der Waals surface area contributed by atoms with Gasteiger partial charge in [-0.3, -0.25) is 0 Å². The molecule has 0 aliphatic carbocycles. The van der Waals surface area contributed by atoms with Gasteiger partial charge in [0, 0.05) is 23.3 Å². The number of aromatic nitrogens is 1. The molecule has 208 valence electrons. The minimum Gasteiger partial charge on any atom is -0.492 e. The highest BCUT2D eigenvalue weighted by Gasteiger charge is 2.53. The monoisotopic (exact) mass is 542 g/mol. The average Bonchev–Trinajstić information content (AvgIpc) is 3.32. The molecule has 4 rings (SSSR count). The Kier molecular flexibility index (Phi) is 8.17. The van der Waals surface area contributed by atoms with Gasteiger partial charge in [-0.2, -0.15) is 0 Å². The number of carbonyl (C=O) groups is 1. The van der Waals surface area contributed by atoms with Crippen LogP contribution in [0.4, 0.5) is 0 Å². The van der Waals surface area contributed by atoms with E-state index >= 15 is 0 Å². The van der Waals surface area contributed by atoms with Crippen molar-refractivity contribution in [2.75, 3.05) is 20.3 Å². The highest BCUT2D eigenvalue weighted by atomic mass is 16.7. The van der Waals surface area contributed by atoms with Gasteiger partial charge in [-0.1, -0.05) is 5.11 Å². The minimum atomic E-state index is -1.43. The number of H-pyrrole nitrogens is 1. The van der Waals surface area contributed by atoms with E-state index in [0.29, 0.717) is 10.9 Å². The molecule has 1 fully saturated rings. The average molecular weight is 543 g/mol. The molecule has 0 spiro atoms. The SMILES string of the molecule is CO[C@@H]1[C@@H](OC(=O)c2ccc(C)[nH]2)[C@@H](O)[C@H](Oc2ccc3c(OCCN=[N+]=[N-])cc(=O)oc3c2C)OC1(C)C. The van der Waals surface area contributed by atoms with E-state index in [-0.39, 0.29) is 35.9 Å². The summed E-state index contributed by atoms with van der Waals surface area (Å²) in [5.74, 6) is -0.145. The molecule has 0 bridgehead atoms. The first-order chi connectivity index (χ1) is 18.6. The van der Waals surface area contributed by atoms with Crippen LogP contribution in [0.25, 0.3) is 21.4 Å². The molecule has 1 saturated heterocycles. The normalized spacial score (nSPS) is 22.2. The zero-order valence-corrected chi connectivity index (χ0v) is 22.2. The molecule has 0 radical (unpaired) electrons. The first-order valence-electron chi connectivity index (χ1n) is 12.2. The fourth-order valence-electron chi connectivity index (χ4n) is 4.55. The lowest BCUT2D eigenvalue weighted by atomic mass is 9.89. The lowest BCUT2D eigenvalue weighted by molar-refractivity contribution is -0.305. The molecule has 2 aromatic heterocycles. The van der Waals surface area contributed by atoms with Crippen molar-refractivity contribution in [3.8, 4) is 11.5 Å². The lowest BCUT2D eigenvalue weighted by Crippen LogP contribution is -2.65. The molecule has 0 amide bonds. The fourth-order valence-corrected chi connectivity index (χ4v) is 4.55. The number of azide groups is 1. The topological polar surface area (TPSA) is 178 Å². The molecule has 0 saturated carbocycles. The number of aromatic amines is 1. The first-order valence-corrected chi connectivity index (χ1v) is 12.2. The number of nitrogens with zero attached hydrogens (tertiary/aromatic N) is 3. The summed E-state index contributed by atoms with van der Waals surface area (Å²) in [4.78, 5) is 30.6. The van der Waals surface area contributed by atoms with E-state index in [1.807, 2.05) is 0 Å². The second-order valence-corrected chi connectivity index (χ2v) is 9.58. The number of esters is 1. The van der Waals surface area contributed by atoms with E-state index in [9.17, 15) is 14.7 Å². The van der Waals surface area contributed by atoms with Gasteiger partial charge in [0.15, 0.2) is 12.2 Å². The quantitative estimate of drug-likeness (QED) is 0.102. The summed E-state index contributed by atoms with van der Waals surface area (Å²) < 4.78 is 34.4. The summed E-state index contributed by atoms with van der Waals surface area (Å²) in [5.41, 5.74) is 8.43. The van der Waals surface area contributed by atoms with Gasteiger partial charge in [0.1, 0.15) is 28.9 Å². The van der Waals surface area contributed by atoms with Crippen molar-refractivity contribution in [1.29, 1.82) is 0 Å². The van der Waals surface area contributed by atoms with Crippen molar-refractivity contribution in [2.45, 2.75) is 57.9 Å². The van der Waals surface area contributed by atoms with Crippen LogP contribution in [0.15, 0.2) is 44.7 Å². The van der Waals surface area contributed by atoms with Crippen molar-refractivity contribution < 1.29 is 38.0 Å². The third-order valence-corrected chi connectivity index (χ3v) is 6.40. The van der Waals surface area contributed by atoms with Crippen molar-refractivity contribution in [2.24, 2.45) is 5.11 Å². The van der Waals surface area contributed by atoms with Gasteiger partial charge in [0.2, 0.25) is 6.29 Å². The van der Waals surface area contributed by atoms with Gasteiger partial charge in [-0.15, -0.1) is 0 Å². The number of carbonyl (C=O) groups excluding carboxylic acids is 1. The Bertz CT molecular complexity index is 1460. The standard InChI is InChI=1S/C26H30N4O9/c1-13-6-8-16(29-13)24(33)38-22-20(32)25(39-26(3,4)23(22)34-5)36-17-9-7-15-18(35-11-10-28-30-27)12-19(31)37-21(15)14(17)2/h6-9,12,20,22-23,25,29,32H,10-11H2,1-5H3/t20-,22+,23-,25-/m1/s1. The number of ether oxygens (including phenoxy) is 5. The van der Waals surface area contributed by atoms with Crippen LogP contribution in [0.2, 0.25) is 0 Å². The van der Waals surface area contributed by atoms with Crippen LogP contribution in [0.5, 0.6) is 11.5 Å². The fraction of sp³-hybridized carbons (Fsp3) is 0.462. The molecule has 2 N–H and O–H groups in total. The molecule has 39 heavy (non-hydrogen) atoms. The number of aliphatic hydroxyl groups excluding tert-OH is 1. The van der Waals surface area contributed by atoms with Crippen LogP contribution in [0.3, 0.4) is 0 Å². The predicted molar refractivity (Wildman–Crippen MR) is 138 cm³/mol. The van der Waals surface area contributed by atoms with Crippen LogP contribution < -0.4 is 15.1 Å². The minimum absolute atomic E-state index is 0.0694. The maximum absolute atomic E-state index is 12.8. The molecule has 1 aliphatic heterocycles. The van der Waals surface area contributed by atoms with Gasteiger partial charge >= 0.3 is 11.6 Å². The number of methoxy groups -OCH3 is 1. The van der Waals surface area contributed by atoms with Crippen LogP contribution in [-0.4, -0.2) is 66.5 Å². The summed E-state index contributed by atoms with van der Waals surface area (Å²) in [6.07, 6.45) is -4.64. The van der Waals surface area contributed by atoms with Gasteiger partial charge in [-0.05, 0) is 57.5 Å². The van der Waals surface area contributed by atoms with E-state index in [4.69, 9.17) is 33.6 Å². The molecule has 1 aromatic carbocycles. The Morgan fingerprint density at radius 2 is 2.00 bits per heavy atom. The Hall–Kier alpha value is -4.03. The number of aliphatic hydroxyl groups is 1. The van der Waals surface area contributed by atoms with Crippen LogP contribution in [0.1, 0.15) is 35.6 Å². The van der Waals surface area contributed by atoms with Crippen molar-refractivity contribution >= 4 is 16.9 Å². The van der Waals surface area contributed by atoms with E-state index in [2.05, 4.69) is 15.0 Å². The summed E-state index contributed by atoms with van der Waals surface area (Å²) in [6.45, 7) is 7.10. The molecule has 13 nitrogen and oxygen atoms in total. The largest absolute Gasteiger partial charge is 0.492 e. The molecule has 13 heteroatoms. The van der Waals surface area contributed by atoms with Crippen molar-refractivity contribution in [3.05, 3.63) is 68.1 Å². The predicted octanol–water partition coefficient (Wildman–Crippen LogP) is 3.54. The van der Waals surface area contributed by atoms with Gasteiger partial charge < -0.3 is 38.2 Å². The zero-order chi connectivity index (χ0) is 28.3. The second kappa shape index (κ2) is 11.4. The number of fused-ring (bicyclic) bond motifs is 1. The third kappa shape index (κ3) is 5.86. The van der Waals surface area contributed by atoms with E-state index in [1.165, 1.54) is 13.2 Å². The van der Waals surface area contributed by atoms with Crippen molar-refractivity contribution in [3.63, 3.8) is 0 Å². The number of hydrogen-bond acceptors (Lipinski definition) is 10. The Morgan fingerprint density at radius 1 is 1.23 bits per heavy atom. The van der Waals surface area contributed by atoms with Crippen LogP contribution in [0, 0.1) is 13.8 Å². The lowest BCUT2D eigenvalue weighted by Gasteiger charge is -2.47. The maximum Gasteiger partial charge on any atom is 0.355 e.